The third-order valence-corrected chi connectivity index (χ3v) is 2.50. The minimum atomic E-state index is -0.734. The van der Waals surface area contributed by atoms with Crippen molar-refractivity contribution in [3.63, 3.8) is 0 Å². The topological polar surface area (TPSA) is 72.6 Å². The molecule has 64 valence electrons. The number of aliphatic hydroxyl groups excluding tert-OH is 2. The lowest BCUT2D eigenvalue weighted by atomic mass is 9.79. The quantitative estimate of drug-likeness (QED) is 0.279. The highest BCUT2D eigenvalue weighted by molar-refractivity contribution is 5.07. The lowest BCUT2D eigenvalue weighted by Crippen LogP contribution is -2.77. The van der Waals surface area contributed by atoms with Gasteiger partial charge < -0.3 is 14.6 Å². The van der Waals surface area contributed by atoms with Crippen molar-refractivity contribution in [1.82, 2.24) is 0 Å². The van der Waals surface area contributed by atoms with Gasteiger partial charge in [-0.1, -0.05) is 0 Å². The Bertz CT molecular complexity index is 147. The Balaban J connectivity index is 1.89. The van der Waals surface area contributed by atoms with Crippen LogP contribution in [0.25, 0.3) is 0 Å². The van der Waals surface area contributed by atoms with Gasteiger partial charge in [0.15, 0.2) is 18.3 Å². The van der Waals surface area contributed by atoms with Crippen LogP contribution in [0, 0.1) is 0 Å². The van der Waals surface area contributed by atoms with Gasteiger partial charge in [-0.3, -0.25) is 0 Å². The summed E-state index contributed by atoms with van der Waals surface area (Å²) >= 11 is 0. The van der Waals surface area contributed by atoms with Crippen LogP contribution in [-0.2, 0) is 9.25 Å². The molecule has 0 spiro atoms. The van der Waals surface area contributed by atoms with Crippen LogP contribution < -0.4 is 0 Å². The molecule has 1 saturated carbocycles. The van der Waals surface area contributed by atoms with E-state index in [1.807, 2.05) is 0 Å². The van der Waals surface area contributed by atoms with Crippen LogP contribution in [0.15, 0.2) is 0 Å². The van der Waals surface area contributed by atoms with Gasteiger partial charge in [-0.25, -0.2) is 5.26 Å². The smallest absolute Gasteiger partial charge is 0.318 e. The number of aliphatic hydroxyl groups is 2. The van der Waals surface area contributed by atoms with Crippen molar-refractivity contribution in [2.45, 2.75) is 31.0 Å². The first-order valence-corrected chi connectivity index (χ1v) is 3.59. The Morgan fingerprint density at radius 1 is 1.55 bits per heavy atom. The molecule has 11 heavy (non-hydrogen) atoms. The van der Waals surface area contributed by atoms with Crippen LogP contribution in [0.5, 0.6) is 0 Å². The van der Waals surface area contributed by atoms with Crippen molar-refractivity contribution in [2.75, 3.05) is 6.61 Å². The van der Waals surface area contributed by atoms with Crippen molar-refractivity contribution in [3.05, 3.63) is 0 Å². The number of hydrogen-bond acceptors (Lipinski definition) is 4. The van der Waals surface area contributed by atoms with Gasteiger partial charge in [0.05, 0.1) is 6.42 Å². The molecule has 0 aromatic heterocycles. The number of hydrogen-bond donors (Lipinski definition) is 3. The van der Waals surface area contributed by atoms with Crippen molar-refractivity contribution in [1.29, 1.82) is 0 Å². The van der Waals surface area contributed by atoms with E-state index in [-0.39, 0.29) is 24.9 Å². The summed E-state index contributed by atoms with van der Waals surface area (Å²) in [6.45, 7) is -0.277. The average molecular weight is 163 g/mol. The highest BCUT2D eigenvalue weighted by Gasteiger charge is 2.71. The predicted octanol–water partition coefficient (Wildman–Crippen LogP) is -1.14. The summed E-state index contributed by atoms with van der Waals surface area (Å²) in [6.07, 6.45) is -0.133. The Labute approximate surface area is 63.4 Å². The lowest BCUT2D eigenvalue weighted by Gasteiger charge is -2.58. The van der Waals surface area contributed by atoms with Crippen LogP contribution in [-0.4, -0.2) is 46.7 Å². The Kier molecular flexibility index (Phi) is 1.62. The summed E-state index contributed by atoms with van der Waals surface area (Å²) < 4.78 is 2.56. The molecule has 3 fully saturated rings. The Hall–Kier alpha value is -0.200. The fourth-order valence-corrected chi connectivity index (χ4v) is 1.67. The maximum atomic E-state index is 9.10. The first-order chi connectivity index (χ1) is 5.29. The zero-order valence-electron chi connectivity index (χ0n) is 5.88. The maximum absolute atomic E-state index is 9.10. The third-order valence-electron chi connectivity index (χ3n) is 2.50. The molecule has 5 nitrogen and oxygen atoms in total. The number of rotatable bonds is 3. The monoisotopic (exact) mass is 163 g/mol. The molecule has 0 aromatic rings. The van der Waals surface area contributed by atoms with E-state index in [2.05, 4.69) is 9.25 Å². The van der Waals surface area contributed by atoms with Crippen LogP contribution in [0.1, 0.15) is 6.42 Å². The summed E-state index contributed by atoms with van der Waals surface area (Å²) in [6, 6.07) is 0. The summed E-state index contributed by atoms with van der Waals surface area (Å²) in [5.41, 5.74) is 0. The minimum absolute atomic E-state index is 0.00398. The van der Waals surface area contributed by atoms with Crippen molar-refractivity contribution < 1.29 is 24.7 Å². The highest BCUT2D eigenvalue weighted by atomic mass is 17.2. The molecule has 0 amide bonds. The molecule has 3 aliphatic rings. The molecule has 5 heteroatoms. The fourth-order valence-electron chi connectivity index (χ4n) is 1.67. The van der Waals surface area contributed by atoms with E-state index in [0.717, 1.165) is 6.42 Å². The second-order valence-corrected chi connectivity index (χ2v) is 2.93. The SMILES string of the molecule is OC[C@H](OO)[O+]1[C@@H]2C[C@@H]1C2O. The van der Waals surface area contributed by atoms with Crippen LogP contribution in [0.3, 0.4) is 0 Å². The molecule has 3 N–H and O–H groups in total. The first kappa shape index (κ1) is 7.45. The predicted molar refractivity (Wildman–Crippen MR) is 33.9 cm³/mol. The largest absolute Gasteiger partial charge is 0.385 e. The van der Waals surface area contributed by atoms with Gasteiger partial charge in [-0.2, -0.15) is 4.89 Å². The summed E-state index contributed by atoms with van der Waals surface area (Å²) in [5.74, 6) is 0. The molecule has 2 heterocycles. The molecular weight excluding hydrogens is 152 g/mol. The minimum Gasteiger partial charge on any atom is -0.385 e. The Morgan fingerprint density at radius 3 is 2.45 bits per heavy atom. The Morgan fingerprint density at radius 2 is 2.18 bits per heavy atom. The van der Waals surface area contributed by atoms with E-state index >= 15 is 0 Å². The van der Waals surface area contributed by atoms with E-state index in [4.69, 9.17) is 15.5 Å². The van der Waals surface area contributed by atoms with E-state index in [0.29, 0.717) is 0 Å². The molecule has 0 aromatic carbocycles. The average Bonchev–Trinajstić information content (AvgIpc) is 1.95. The van der Waals surface area contributed by atoms with E-state index < -0.39 is 6.29 Å². The standard InChI is InChI=1S/C6H10O5/c7-2-5(10-9)11-3-1-4(11)6(3)8/h3-8H,1-2H2/p+1/t3-,4-,5-/m1/s1. The summed E-state index contributed by atoms with van der Waals surface area (Å²) in [5, 5.41) is 26.0. The normalized spacial score (nSPS) is 44.5. The molecule has 3 rings (SSSR count). The van der Waals surface area contributed by atoms with Gasteiger partial charge in [0.25, 0.3) is 0 Å². The van der Waals surface area contributed by atoms with Crippen molar-refractivity contribution >= 4 is 0 Å². The summed E-state index contributed by atoms with van der Waals surface area (Å²) in [4.78, 5) is 3.98. The lowest BCUT2D eigenvalue weighted by molar-refractivity contribution is -0.552. The zero-order valence-corrected chi connectivity index (χ0v) is 5.88. The molecule has 2 saturated heterocycles. The van der Waals surface area contributed by atoms with Gasteiger partial charge in [0.1, 0.15) is 6.61 Å². The van der Waals surface area contributed by atoms with Crippen LogP contribution >= 0.6 is 0 Å². The molecule has 2 aliphatic heterocycles. The first-order valence-electron chi connectivity index (χ1n) is 3.59. The van der Waals surface area contributed by atoms with Crippen molar-refractivity contribution in [3.8, 4) is 0 Å². The van der Waals surface area contributed by atoms with Gasteiger partial charge in [-0.15, -0.1) is 0 Å². The molecule has 0 unspecified atom stereocenters. The van der Waals surface area contributed by atoms with Crippen molar-refractivity contribution in [2.24, 2.45) is 0 Å². The third kappa shape index (κ3) is 0.771. The second-order valence-electron chi connectivity index (χ2n) is 2.93. The maximum Gasteiger partial charge on any atom is 0.318 e. The van der Waals surface area contributed by atoms with Crippen LogP contribution in [0.2, 0.25) is 0 Å². The molecule has 1 aliphatic carbocycles. The van der Waals surface area contributed by atoms with Gasteiger partial charge >= 0.3 is 6.29 Å². The van der Waals surface area contributed by atoms with Gasteiger partial charge in [0, 0.05) is 0 Å². The van der Waals surface area contributed by atoms with Crippen LogP contribution in [0.4, 0.5) is 0 Å². The van der Waals surface area contributed by atoms with Gasteiger partial charge in [-0.05, 0) is 0 Å². The van der Waals surface area contributed by atoms with Gasteiger partial charge in [0.2, 0.25) is 0 Å². The van der Waals surface area contributed by atoms with E-state index in [1.54, 1.807) is 0 Å². The zero-order chi connectivity index (χ0) is 8.01. The second kappa shape index (κ2) is 2.40. The summed E-state index contributed by atoms with van der Waals surface area (Å²) in [7, 11) is 0. The molecular formula is C6H11O5+. The van der Waals surface area contributed by atoms with E-state index in [1.165, 1.54) is 0 Å². The molecule has 2 bridgehead atoms. The van der Waals surface area contributed by atoms with E-state index in [9.17, 15) is 0 Å². The molecule has 0 radical (unpaired) electrons. The fraction of sp³-hybridized carbons (Fsp3) is 1.00. The highest BCUT2D eigenvalue weighted by Crippen LogP contribution is 2.50. The molecule has 3 atom stereocenters.